The molecule has 0 aromatic rings. The fourth-order valence-electron chi connectivity index (χ4n) is 0.482. The lowest BCUT2D eigenvalue weighted by Crippen LogP contribution is -2.06. The summed E-state index contributed by atoms with van der Waals surface area (Å²) in [5.41, 5.74) is 0. The third-order valence-electron chi connectivity index (χ3n) is 0.800. The first-order valence-electron chi connectivity index (χ1n) is 3.28. The smallest absolute Gasteiger partial charge is 0.0106 e. The van der Waals surface area contributed by atoms with Gasteiger partial charge in [0.2, 0.25) is 0 Å². The van der Waals surface area contributed by atoms with E-state index in [2.05, 4.69) is 27.7 Å². The molecule has 0 amide bonds. The van der Waals surface area contributed by atoms with E-state index >= 15 is 0 Å². The van der Waals surface area contributed by atoms with E-state index in [0.29, 0.717) is 0 Å². The minimum Gasteiger partial charge on any atom is -0.736 e. The summed E-state index contributed by atoms with van der Waals surface area (Å²) >= 11 is 12.4. The van der Waals surface area contributed by atoms with Crippen molar-refractivity contribution in [2.24, 2.45) is 0 Å². The predicted octanol–water partition coefficient (Wildman–Crippen LogP) is 3.39. The molecule has 0 N–H and O–H groups in total. The Balaban J connectivity index is 4.03. The first kappa shape index (κ1) is 11.4. The van der Waals surface area contributed by atoms with E-state index in [1.807, 2.05) is 0 Å². The van der Waals surface area contributed by atoms with Gasteiger partial charge in [-0.2, -0.15) is 0 Å². The van der Waals surface area contributed by atoms with Crippen LogP contribution in [-0.2, 0) is 24.1 Å². The zero-order valence-corrected chi connectivity index (χ0v) is 10.2. The van der Waals surface area contributed by atoms with E-state index < -0.39 is 4.44 Å². The number of rotatable bonds is 2. The molecule has 4 heteroatoms. The van der Waals surface area contributed by atoms with Crippen LogP contribution in [0, 0.1) is 0 Å². The third kappa shape index (κ3) is 6.09. The van der Waals surface area contributed by atoms with Crippen molar-refractivity contribution < 1.29 is 0 Å². The van der Waals surface area contributed by atoms with E-state index in [0.717, 1.165) is 6.16 Å². The Labute approximate surface area is 78.5 Å². The molecule has 0 heterocycles. The van der Waals surface area contributed by atoms with Gasteiger partial charge in [0.05, 0.1) is 0 Å². The van der Waals surface area contributed by atoms with Crippen molar-refractivity contribution in [2.75, 3.05) is 6.16 Å². The molecule has 0 aromatic carbocycles. The average molecular weight is 213 g/mol. The van der Waals surface area contributed by atoms with E-state index in [1.54, 1.807) is 11.4 Å². The maximum absolute atomic E-state index is 5.28. The van der Waals surface area contributed by atoms with Crippen LogP contribution in [0.25, 0.3) is 0 Å². The molecule has 1 unspecified atom stereocenters. The van der Waals surface area contributed by atoms with E-state index in [4.69, 9.17) is 24.1 Å². The Morgan fingerprint density at radius 1 is 1.50 bits per heavy atom. The topological polar surface area (TPSA) is 0 Å². The van der Waals surface area contributed by atoms with Gasteiger partial charge in [0.25, 0.3) is 0 Å². The van der Waals surface area contributed by atoms with Crippen LogP contribution >= 0.6 is 15.8 Å². The second-order valence-corrected chi connectivity index (χ2v) is 14.6. The Bertz CT molecular complexity index is 148. The monoisotopic (exact) mass is 213 g/mol. The second kappa shape index (κ2) is 3.84. The molecule has 0 nitrogen and oxygen atoms in total. The lowest BCUT2D eigenvalue weighted by molar-refractivity contribution is 0.810. The summed E-state index contributed by atoms with van der Waals surface area (Å²) in [6, 6.07) is 0. The van der Waals surface area contributed by atoms with Crippen molar-refractivity contribution in [1.29, 1.82) is 0 Å². The average Bonchev–Trinajstić information content (AvgIpc) is 1.60. The molecule has 1 atom stereocenters. The van der Waals surface area contributed by atoms with Gasteiger partial charge >= 0.3 is 0 Å². The molecule has 62 valence electrons. The molecular weight excluding hydrogens is 199 g/mol. The van der Waals surface area contributed by atoms with Gasteiger partial charge < -0.3 is 12.2 Å². The van der Waals surface area contributed by atoms with Gasteiger partial charge in [0.15, 0.2) is 0 Å². The lowest BCUT2D eigenvalue weighted by Gasteiger charge is -2.33. The van der Waals surface area contributed by atoms with Crippen LogP contribution in [0.3, 0.4) is 0 Å². The van der Waals surface area contributed by atoms with Gasteiger partial charge in [-0.25, -0.2) is 0 Å². The van der Waals surface area contributed by atoms with Crippen molar-refractivity contribution >= 4 is 39.9 Å². The molecule has 0 aliphatic rings. The van der Waals surface area contributed by atoms with Crippen LogP contribution in [-0.4, -0.2) is 10.9 Å². The summed E-state index contributed by atoms with van der Waals surface area (Å²) in [4.78, 5) is 0. The summed E-state index contributed by atoms with van der Waals surface area (Å²) in [6.45, 7) is 8.59. The Morgan fingerprint density at radius 3 is 2.00 bits per heavy atom. The van der Waals surface area contributed by atoms with Crippen molar-refractivity contribution in [3.8, 4) is 0 Å². The van der Waals surface area contributed by atoms with E-state index in [-0.39, 0.29) is 4.75 Å². The zero-order chi connectivity index (χ0) is 8.41. The highest BCUT2D eigenvalue weighted by molar-refractivity contribution is 8.92. The van der Waals surface area contributed by atoms with Gasteiger partial charge in [0, 0.05) is 4.75 Å². The summed E-state index contributed by atoms with van der Waals surface area (Å²) in [6.07, 6.45) is 0.986. The molecule has 0 aliphatic carbocycles. The highest BCUT2D eigenvalue weighted by atomic mass is 33.2. The quantitative estimate of drug-likeness (QED) is 0.510. The Kier molecular flexibility index (Phi) is 4.36. The highest BCUT2D eigenvalue weighted by Gasteiger charge is 2.13. The van der Waals surface area contributed by atoms with E-state index in [1.165, 1.54) is 0 Å². The molecule has 0 radical (unpaired) electrons. The normalized spacial score (nSPS) is 18.5. The largest absolute Gasteiger partial charge is 0.736 e. The predicted molar refractivity (Wildman–Crippen MR) is 59.5 cm³/mol. The highest BCUT2D eigenvalue weighted by Crippen LogP contribution is 2.61. The zero-order valence-electron chi connectivity index (χ0n) is 6.88. The fraction of sp³-hybridized carbons (Fsp3) is 1.00. The first-order chi connectivity index (χ1) is 4.27. The molecular formula is C6H14PS3-. The lowest BCUT2D eigenvalue weighted by atomic mass is 10.3. The van der Waals surface area contributed by atoms with Crippen LogP contribution < -0.4 is 0 Å². The first-order valence-corrected chi connectivity index (χ1v) is 8.70. The summed E-state index contributed by atoms with van der Waals surface area (Å²) in [5, 5.41) is 0. The molecule has 0 saturated heterocycles. The SMILES string of the molecule is CCP(=S)([S-])SC(C)(C)C. The van der Waals surface area contributed by atoms with Crippen molar-refractivity contribution in [3.05, 3.63) is 0 Å². The maximum atomic E-state index is 5.28. The third-order valence-corrected chi connectivity index (χ3v) is 8.54. The Morgan fingerprint density at radius 2 is 1.90 bits per heavy atom. The van der Waals surface area contributed by atoms with Crippen LogP contribution in [0.4, 0.5) is 0 Å². The molecule has 0 rings (SSSR count). The van der Waals surface area contributed by atoms with Gasteiger partial charge in [-0.15, -0.1) is 27.6 Å². The van der Waals surface area contributed by atoms with Crippen molar-refractivity contribution in [2.45, 2.75) is 32.4 Å². The van der Waals surface area contributed by atoms with Gasteiger partial charge in [-0.3, -0.25) is 0 Å². The minimum absolute atomic E-state index is 0.243. The molecule has 0 saturated carbocycles. The second-order valence-electron chi connectivity index (χ2n) is 3.13. The van der Waals surface area contributed by atoms with Crippen LogP contribution in [0.2, 0.25) is 0 Å². The van der Waals surface area contributed by atoms with Gasteiger partial charge in [-0.05, 0) is 6.16 Å². The molecule has 10 heavy (non-hydrogen) atoms. The number of hydrogen-bond donors (Lipinski definition) is 0. The van der Waals surface area contributed by atoms with Crippen LogP contribution in [0.5, 0.6) is 0 Å². The molecule has 0 aliphatic heterocycles. The van der Waals surface area contributed by atoms with Crippen molar-refractivity contribution in [3.63, 3.8) is 0 Å². The Hall–Kier alpha value is 1.35. The standard InChI is InChI=1S/C6H15PS3/c1-5-7(8,9)10-6(2,3)4/h5H2,1-4H3,(H,8,9)/p-1. The summed E-state index contributed by atoms with van der Waals surface area (Å²) in [7, 11) is 0. The number of hydrogen-bond acceptors (Lipinski definition) is 3. The summed E-state index contributed by atoms with van der Waals surface area (Å²) < 4.78 is -1.22. The summed E-state index contributed by atoms with van der Waals surface area (Å²) in [5.74, 6) is 0. The van der Waals surface area contributed by atoms with E-state index in [9.17, 15) is 0 Å². The molecule has 0 spiro atoms. The van der Waals surface area contributed by atoms with Crippen LogP contribution in [0.1, 0.15) is 27.7 Å². The molecule has 0 fully saturated rings. The molecule has 0 bridgehead atoms. The molecule has 0 aromatic heterocycles. The van der Waals surface area contributed by atoms with Gasteiger partial charge in [0.1, 0.15) is 0 Å². The van der Waals surface area contributed by atoms with Gasteiger partial charge in [-0.1, -0.05) is 27.7 Å². The van der Waals surface area contributed by atoms with Crippen molar-refractivity contribution in [1.82, 2.24) is 0 Å². The maximum Gasteiger partial charge on any atom is 0.0106 e. The van der Waals surface area contributed by atoms with Crippen LogP contribution in [0.15, 0.2) is 0 Å². The fourth-order valence-corrected chi connectivity index (χ4v) is 8.36. The minimum atomic E-state index is -1.46.